The highest BCUT2D eigenvalue weighted by Crippen LogP contribution is 2.36. The van der Waals surface area contributed by atoms with Crippen LogP contribution in [0.3, 0.4) is 0 Å². The predicted octanol–water partition coefficient (Wildman–Crippen LogP) is 1.28. The Kier molecular flexibility index (Phi) is 2.47. The van der Waals surface area contributed by atoms with E-state index in [-0.39, 0.29) is 0 Å². The monoisotopic (exact) mass is 167 g/mol. The van der Waals surface area contributed by atoms with Crippen LogP contribution in [0.2, 0.25) is 0 Å². The number of ether oxygens (including phenoxy) is 1. The third kappa shape index (κ3) is 1.70. The topological polar surface area (TPSA) is 12.5 Å². The van der Waals surface area contributed by atoms with E-state index in [2.05, 4.69) is 11.5 Å². The van der Waals surface area contributed by atoms with Crippen LogP contribution < -0.4 is 0 Å². The van der Waals surface area contributed by atoms with E-state index in [1.54, 1.807) is 0 Å². The van der Waals surface area contributed by atoms with Crippen LogP contribution in [0.1, 0.15) is 12.8 Å². The molecule has 1 saturated heterocycles. The lowest BCUT2D eigenvalue weighted by Crippen LogP contribution is -2.46. The minimum atomic E-state index is 0.691. The normalized spacial score (nSPS) is 31.8. The summed E-state index contributed by atoms with van der Waals surface area (Å²) in [4.78, 5) is 2.51. The minimum Gasteiger partial charge on any atom is -0.378 e. The fraction of sp³-hybridized carbons (Fsp3) is 0.800. The van der Waals surface area contributed by atoms with E-state index in [9.17, 15) is 0 Å². The van der Waals surface area contributed by atoms with Crippen LogP contribution in [-0.2, 0) is 4.74 Å². The van der Waals surface area contributed by atoms with Gasteiger partial charge in [-0.1, -0.05) is 6.08 Å². The van der Waals surface area contributed by atoms with E-state index < -0.39 is 0 Å². The second-order valence-corrected chi connectivity index (χ2v) is 3.76. The Balaban J connectivity index is 1.91. The Hall–Kier alpha value is -0.340. The van der Waals surface area contributed by atoms with Crippen molar-refractivity contribution in [2.75, 3.05) is 26.3 Å². The smallest absolute Gasteiger partial charge is 0.0625 e. The molecule has 1 unspecified atom stereocenters. The molecule has 1 heterocycles. The van der Waals surface area contributed by atoms with Gasteiger partial charge in [0, 0.05) is 19.1 Å². The molecule has 0 radical (unpaired) electrons. The molecule has 1 aliphatic carbocycles. The van der Waals surface area contributed by atoms with Crippen molar-refractivity contribution in [3.8, 4) is 0 Å². The number of rotatable bonds is 3. The molecule has 0 bridgehead atoms. The average molecular weight is 167 g/mol. The van der Waals surface area contributed by atoms with Gasteiger partial charge in [0.1, 0.15) is 0 Å². The molecule has 0 amide bonds. The van der Waals surface area contributed by atoms with Crippen molar-refractivity contribution in [2.45, 2.75) is 18.9 Å². The van der Waals surface area contributed by atoms with Gasteiger partial charge in [-0.05, 0) is 18.8 Å². The second-order valence-electron chi connectivity index (χ2n) is 3.76. The van der Waals surface area contributed by atoms with Crippen molar-refractivity contribution < 1.29 is 4.74 Å². The molecule has 0 aromatic heterocycles. The zero-order valence-electron chi connectivity index (χ0n) is 7.54. The van der Waals surface area contributed by atoms with Crippen LogP contribution in [0.25, 0.3) is 0 Å². The summed E-state index contributed by atoms with van der Waals surface area (Å²) in [6.45, 7) is 7.75. The van der Waals surface area contributed by atoms with Crippen LogP contribution in [0, 0.1) is 5.92 Å². The molecule has 12 heavy (non-hydrogen) atoms. The summed E-state index contributed by atoms with van der Waals surface area (Å²) in [7, 11) is 0. The molecule has 1 saturated carbocycles. The molecule has 2 nitrogen and oxygen atoms in total. The molecule has 2 fully saturated rings. The lowest BCUT2D eigenvalue weighted by Gasteiger charge is -2.34. The summed E-state index contributed by atoms with van der Waals surface area (Å²) in [5, 5.41) is 0. The zero-order valence-corrected chi connectivity index (χ0v) is 7.54. The zero-order chi connectivity index (χ0) is 8.39. The molecular weight excluding hydrogens is 150 g/mol. The van der Waals surface area contributed by atoms with E-state index in [0.717, 1.165) is 32.2 Å². The largest absolute Gasteiger partial charge is 0.378 e. The number of hydrogen-bond acceptors (Lipinski definition) is 2. The maximum Gasteiger partial charge on any atom is 0.0625 e. The van der Waals surface area contributed by atoms with E-state index in [1.165, 1.54) is 12.8 Å². The number of hydrogen-bond donors (Lipinski definition) is 0. The minimum absolute atomic E-state index is 0.691. The summed E-state index contributed by atoms with van der Waals surface area (Å²) in [5.74, 6) is 0.922. The van der Waals surface area contributed by atoms with Crippen molar-refractivity contribution >= 4 is 0 Å². The Labute approximate surface area is 74.2 Å². The van der Waals surface area contributed by atoms with Gasteiger partial charge in [-0.3, -0.25) is 4.90 Å². The van der Waals surface area contributed by atoms with Crippen LogP contribution in [-0.4, -0.2) is 37.2 Å². The second kappa shape index (κ2) is 3.58. The number of nitrogens with zero attached hydrogens (tertiary/aromatic N) is 1. The first-order valence-corrected chi connectivity index (χ1v) is 4.84. The lowest BCUT2D eigenvalue weighted by molar-refractivity contribution is -0.00977. The Bertz CT molecular complexity index is 165. The Morgan fingerprint density at radius 2 is 2.33 bits per heavy atom. The molecule has 0 N–H and O–H groups in total. The van der Waals surface area contributed by atoms with Gasteiger partial charge in [-0.15, -0.1) is 6.58 Å². The van der Waals surface area contributed by atoms with Crippen LogP contribution in [0.15, 0.2) is 12.7 Å². The molecule has 68 valence electrons. The maximum atomic E-state index is 5.48. The third-order valence-corrected chi connectivity index (χ3v) is 2.81. The van der Waals surface area contributed by atoms with E-state index in [4.69, 9.17) is 4.74 Å². The summed E-state index contributed by atoms with van der Waals surface area (Å²) < 4.78 is 5.48. The number of morpholine rings is 1. The van der Waals surface area contributed by atoms with Gasteiger partial charge < -0.3 is 4.74 Å². The summed E-state index contributed by atoms with van der Waals surface area (Å²) in [6.07, 6.45) is 4.81. The molecule has 0 aromatic rings. The first-order chi connectivity index (χ1) is 5.92. The molecule has 2 heteroatoms. The van der Waals surface area contributed by atoms with Gasteiger partial charge in [-0.2, -0.15) is 0 Å². The summed E-state index contributed by atoms with van der Waals surface area (Å²) in [6, 6.07) is 0.691. The highest BCUT2D eigenvalue weighted by atomic mass is 16.5. The van der Waals surface area contributed by atoms with Crippen LogP contribution in [0.4, 0.5) is 0 Å². The van der Waals surface area contributed by atoms with Gasteiger partial charge in [-0.25, -0.2) is 0 Å². The summed E-state index contributed by atoms with van der Waals surface area (Å²) in [5.41, 5.74) is 0. The quantitative estimate of drug-likeness (QED) is 0.587. The van der Waals surface area contributed by atoms with E-state index in [1.807, 2.05) is 6.08 Å². The standard InChI is InChI=1S/C10H17NO/c1-2-5-11-6-7-12-8-10(11)9-3-4-9/h2,9-10H,1,3-8H2. The third-order valence-electron chi connectivity index (χ3n) is 2.81. The molecule has 0 aromatic carbocycles. The van der Waals surface area contributed by atoms with Crippen LogP contribution >= 0.6 is 0 Å². The van der Waals surface area contributed by atoms with Crippen LogP contribution in [0.5, 0.6) is 0 Å². The Morgan fingerprint density at radius 3 is 3.00 bits per heavy atom. The average Bonchev–Trinajstić information content (AvgIpc) is 2.89. The molecule has 1 atom stereocenters. The van der Waals surface area contributed by atoms with E-state index >= 15 is 0 Å². The van der Waals surface area contributed by atoms with Gasteiger partial charge in [0.2, 0.25) is 0 Å². The van der Waals surface area contributed by atoms with Gasteiger partial charge in [0.15, 0.2) is 0 Å². The fourth-order valence-electron chi connectivity index (χ4n) is 1.96. The van der Waals surface area contributed by atoms with Crippen molar-refractivity contribution in [3.63, 3.8) is 0 Å². The molecule has 1 aliphatic heterocycles. The highest BCUT2D eigenvalue weighted by Gasteiger charge is 2.36. The van der Waals surface area contributed by atoms with Crippen molar-refractivity contribution in [1.29, 1.82) is 0 Å². The maximum absolute atomic E-state index is 5.48. The highest BCUT2D eigenvalue weighted by molar-refractivity contribution is 4.91. The first kappa shape index (κ1) is 8.27. The van der Waals surface area contributed by atoms with Gasteiger partial charge >= 0.3 is 0 Å². The molecule has 2 aliphatic rings. The molecule has 2 rings (SSSR count). The summed E-state index contributed by atoms with van der Waals surface area (Å²) >= 11 is 0. The molecular formula is C10H17NO. The Morgan fingerprint density at radius 1 is 1.50 bits per heavy atom. The van der Waals surface area contributed by atoms with Gasteiger partial charge in [0.25, 0.3) is 0 Å². The van der Waals surface area contributed by atoms with E-state index in [0.29, 0.717) is 6.04 Å². The SMILES string of the molecule is C=CCN1CCOCC1C1CC1. The fourth-order valence-corrected chi connectivity index (χ4v) is 1.96. The van der Waals surface area contributed by atoms with Gasteiger partial charge in [0.05, 0.1) is 13.2 Å². The predicted molar refractivity (Wildman–Crippen MR) is 49.1 cm³/mol. The van der Waals surface area contributed by atoms with Crippen molar-refractivity contribution in [1.82, 2.24) is 4.90 Å². The lowest BCUT2D eigenvalue weighted by atomic mass is 10.1. The molecule has 0 spiro atoms. The first-order valence-electron chi connectivity index (χ1n) is 4.84. The van der Waals surface area contributed by atoms with Crippen molar-refractivity contribution in [2.24, 2.45) is 5.92 Å². The van der Waals surface area contributed by atoms with Crippen molar-refractivity contribution in [3.05, 3.63) is 12.7 Å².